The Morgan fingerprint density at radius 2 is 2.00 bits per heavy atom. The summed E-state index contributed by atoms with van der Waals surface area (Å²) in [6.45, 7) is 4.06. The molecule has 0 bridgehead atoms. The zero-order chi connectivity index (χ0) is 14.8. The third-order valence-corrected chi connectivity index (χ3v) is 3.72. The number of benzene rings is 1. The van der Waals surface area contributed by atoms with Crippen LogP contribution in [0.4, 0.5) is 4.39 Å². The lowest BCUT2D eigenvalue weighted by Crippen LogP contribution is -2.28. The molecule has 0 fully saturated rings. The predicted octanol–water partition coefficient (Wildman–Crippen LogP) is 2.79. The molecule has 0 spiro atoms. The van der Waals surface area contributed by atoms with Crippen molar-refractivity contribution in [3.8, 4) is 0 Å². The first-order chi connectivity index (χ1) is 8.62. The molecule has 0 saturated carbocycles. The van der Waals surface area contributed by atoms with E-state index >= 15 is 0 Å². The average molecular weight is 328 g/mol. The Balaban J connectivity index is 3.22. The second-order valence-electron chi connectivity index (χ2n) is 4.31. The summed E-state index contributed by atoms with van der Waals surface area (Å²) in [7, 11) is 0.771. The van der Waals surface area contributed by atoms with Gasteiger partial charge < -0.3 is 5.32 Å². The third kappa shape index (κ3) is 4.33. The predicted molar refractivity (Wildman–Crippen MR) is 71.6 cm³/mol. The Labute approximate surface area is 120 Å². The van der Waals surface area contributed by atoms with Crippen LogP contribution in [0.1, 0.15) is 24.2 Å². The van der Waals surface area contributed by atoms with Crippen molar-refractivity contribution in [2.75, 3.05) is 6.54 Å². The summed E-state index contributed by atoms with van der Waals surface area (Å²) in [5.41, 5.74) is -0.452. The van der Waals surface area contributed by atoms with E-state index in [4.69, 9.17) is 22.3 Å². The minimum Gasteiger partial charge on any atom is -0.352 e. The van der Waals surface area contributed by atoms with E-state index in [9.17, 15) is 17.6 Å². The van der Waals surface area contributed by atoms with Gasteiger partial charge in [-0.1, -0.05) is 25.4 Å². The molecule has 0 heterocycles. The van der Waals surface area contributed by atoms with E-state index in [1.54, 1.807) is 0 Å². The number of rotatable bonds is 4. The van der Waals surface area contributed by atoms with Crippen molar-refractivity contribution in [1.82, 2.24) is 5.32 Å². The van der Waals surface area contributed by atoms with Crippen LogP contribution in [0.15, 0.2) is 17.0 Å². The van der Waals surface area contributed by atoms with Crippen molar-refractivity contribution in [3.63, 3.8) is 0 Å². The molecule has 19 heavy (non-hydrogen) atoms. The molecule has 1 rings (SSSR count). The van der Waals surface area contributed by atoms with Crippen LogP contribution in [0, 0.1) is 11.7 Å². The Morgan fingerprint density at radius 3 is 2.47 bits per heavy atom. The number of hydrogen-bond donors (Lipinski definition) is 1. The SMILES string of the molecule is CC(C)CNC(=O)c1cc(Cl)cc(S(=O)(=O)Cl)c1F. The average Bonchev–Trinajstić information content (AvgIpc) is 2.27. The van der Waals surface area contributed by atoms with Gasteiger partial charge in [0.05, 0.1) is 5.56 Å². The molecule has 8 heteroatoms. The van der Waals surface area contributed by atoms with Crippen LogP contribution in [-0.4, -0.2) is 20.9 Å². The minimum absolute atomic E-state index is 0.0877. The standard InChI is InChI=1S/C11H12Cl2FNO3S/c1-6(2)5-15-11(16)8-3-7(12)4-9(10(8)14)19(13,17)18/h3-4,6H,5H2,1-2H3,(H,15,16). The second kappa shape index (κ2) is 6.07. The molecule has 1 N–H and O–H groups in total. The van der Waals surface area contributed by atoms with E-state index in [2.05, 4.69) is 5.32 Å². The highest BCUT2D eigenvalue weighted by Crippen LogP contribution is 2.26. The Morgan fingerprint density at radius 1 is 1.42 bits per heavy atom. The quantitative estimate of drug-likeness (QED) is 0.865. The summed E-state index contributed by atoms with van der Waals surface area (Å²) in [6.07, 6.45) is 0. The minimum atomic E-state index is -4.31. The fourth-order valence-corrected chi connectivity index (χ4v) is 2.51. The van der Waals surface area contributed by atoms with Gasteiger partial charge in [-0.25, -0.2) is 12.8 Å². The van der Waals surface area contributed by atoms with Crippen LogP contribution in [0.25, 0.3) is 0 Å². The number of halogens is 3. The monoisotopic (exact) mass is 327 g/mol. The number of amides is 1. The van der Waals surface area contributed by atoms with Crippen LogP contribution in [0.5, 0.6) is 0 Å². The van der Waals surface area contributed by atoms with E-state index in [0.29, 0.717) is 6.54 Å². The molecule has 0 radical (unpaired) electrons. The van der Waals surface area contributed by atoms with Crippen LogP contribution < -0.4 is 5.32 Å². The first kappa shape index (κ1) is 16.2. The summed E-state index contributed by atoms with van der Waals surface area (Å²) >= 11 is 5.67. The maximum Gasteiger partial charge on any atom is 0.264 e. The molecular formula is C11H12Cl2FNO3S. The molecule has 4 nitrogen and oxygen atoms in total. The van der Waals surface area contributed by atoms with Crippen LogP contribution in [-0.2, 0) is 9.05 Å². The summed E-state index contributed by atoms with van der Waals surface area (Å²) in [5.74, 6) is -1.78. The Kier molecular flexibility index (Phi) is 5.18. The van der Waals surface area contributed by atoms with Crippen molar-refractivity contribution in [1.29, 1.82) is 0 Å². The third-order valence-electron chi connectivity index (χ3n) is 2.18. The summed E-state index contributed by atoms with van der Waals surface area (Å²) < 4.78 is 36.3. The van der Waals surface area contributed by atoms with E-state index in [1.165, 1.54) is 0 Å². The van der Waals surface area contributed by atoms with Crippen molar-refractivity contribution >= 4 is 37.2 Å². The maximum absolute atomic E-state index is 13.9. The van der Waals surface area contributed by atoms with Crippen molar-refractivity contribution in [2.24, 2.45) is 5.92 Å². The fourth-order valence-electron chi connectivity index (χ4n) is 1.30. The van der Waals surface area contributed by atoms with E-state index in [-0.39, 0.29) is 10.9 Å². The normalized spacial score (nSPS) is 11.7. The zero-order valence-electron chi connectivity index (χ0n) is 10.2. The lowest BCUT2D eigenvalue weighted by atomic mass is 10.1. The molecular weight excluding hydrogens is 316 g/mol. The molecule has 106 valence electrons. The molecule has 0 saturated heterocycles. The van der Waals surface area contributed by atoms with Crippen LogP contribution >= 0.6 is 22.3 Å². The highest BCUT2D eigenvalue weighted by atomic mass is 35.7. The first-order valence-electron chi connectivity index (χ1n) is 5.35. The number of hydrogen-bond acceptors (Lipinski definition) is 3. The molecule has 0 aliphatic rings. The highest BCUT2D eigenvalue weighted by Gasteiger charge is 2.23. The molecule has 1 aromatic rings. The topological polar surface area (TPSA) is 63.2 Å². The second-order valence-corrected chi connectivity index (χ2v) is 7.28. The molecule has 0 atom stereocenters. The number of nitrogens with one attached hydrogen (secondary N) is 1. The van der Waals surface area contributed by atoms with Crippen LogP contribution in [0.2, 0.25) is 5.02 Å². The van der Waals surface area contributed by atoms with Gasteiger partial charge >= 0.3 is 0 Å². The summed E-state index contributed by atoms with van der Waals surface area (Å²) in [6, 6.07) is 1.91. The van der Waals surface area contributed by atoms with Gasteiger partial charge in [0.25, 0.3) is 15.0 Å². The molecule has 0 unspecified atom stereocenters. The summed E-state index contributed by atoms with van der Waals surface area (Å²) in [4.78, 5) is 10.9. The molecule has 1 amide bonds. The van der Waals surface area contributed by atoms with E-state index in [1.807, 2.05) is 13.8 Å². The van der Waals surface area contributed by atoms with Gasteiger partial charge in [0.15, 0.2) is 5.82 Å². The van der Waals surface area contributed by atoms with Gasteiger partial charge in [-0.2, -0.15) is 0 Å². The van der Waals surface area contributed by atoms with Gasteiger partial charge in [0, 0.05) is 22.2 Å². The van der Waals surface area contributed by atoms with Gasteiger partial charge in [0.1, 0.15) is 4.90 Å². The van der Waals surface area contributed by atoms with Gasteiger partial charge in [-0.15, -0.1) is 0 Å². The fraction of sp³-hybridized carbons (Fsp3) is 0.364. The highest BCUT2D eigenvalue weighted by molar-refractivity contribution is 8.13. The lowest BCUT2D eigenvalue weighted by molar-refractivity contribution is 0.0944. The molecule has 0 aliphatic heterocycles. The maximum atomic E-state index is 13.9. The van der Waals surface area contributed by atoms with Gasteiger partial charge in [0.2, 0.25) is 0 Å². The van der Waals surface area contributed by atoms with E-state index < -0.39 is 31.2 Å². The Hall–Kier alpha value is -0.850. The lowest BCUT2D eigenvalue weighted by Gasteiger charge is -2.10. The van der Waals surface area contributed by atoms with Crippen molar-refractivity contribution in [3.05, 3.63) is 28.5 Å². The van der Waals surface area contributed by atoms with Gasteiger partial charge in [-0.05, 0) is 18.1 Å². The number of carbonyl (C=O) groups excluding carboxylic acids is 1. The molecule has 1 aromatic carbocycles. The molecule has 0 aromatic heterocycles. The van der Waals surface area contributed by atoms with Gasteiger partial charge in [-0.3, -0.25) is 4.79 Å². The van der Waals surface area contributed by atoms with Crippen molar-refractivity contribution in [2.45, 2.75) is 18.7 Å². The first-order valence-corrected chi connectivity index (χ1v) is 8.03. The largest absolute Gasteiger partial charge is 0.352 e. The summed E-state index contributed by atoms with van der Waals surface area (Å²) in [5, 5.41) is 2.38. The zero-order valence-corrected chi connectivity index (χ0v) is 12.5. The Bertz CT molecular complexity index is 602. The van der Waals surface area contributed by atoms with E-state index in [0.717, 1.165) is 12.1 Å². The smallest absolute Gasteiger partial charge is 0.264 e. The van der Waals surface area contributed by atoms with Crippen molar-refractivity contribution < 1.29 is 17.6 Å². The van der Waals surface area contributed by atoms with Crippen LogP contribution in [0.3, 0.4) is 0 Å². The molecule has 0 aliphatic carbocycles. The number of carbonyl (C=O) groups is 1.